The lowest BCUT2D eigenvalue weighted by atomic mass is 10.1. The summed E-state index contributed by atoms with van der Waals surface area (Å²) in [6.45, 7) is 1.53. The van der Waals surface area contributed by atoms with Gasteiger partial charge in [-0.15, -0.1) is 0 Å². The monoisotopic (exact) mass is 292 g/mol. The van der Waals surface area contributed by atoms with Crippen LogP contribution in [0.25, 0.3) is 0 Å². The van der Waals surface area contributed by atoms with Crippen LogP contribution in [0.4, 0.5) is 8.78 Å². The molecule has 1 fully saturated rings. The van der Waals surface area contributed by atoms with E-state index < -0.39 is 12.2 Å². The molecule has 1 aromatic rings. The molecule has 6 heteroatoms. The third kappa shape index (κ3) is 3.35. The molecule has 0 aliphatic heterocycles. The Morgan fingerprint density at radius 1 is 1.47 bits per heavy atom. The topological polar surface area (TPSA) is 38.7 Å². The molecule has 1 aromatic carbocycles. The number of aliphatic hydroxyl groups is 1. The highest BCUT2D eigenvalue weighted by Crippen LogP contribution is 2.38. The second-order valence-corrected chi connectivity index (χ2v) is 4.80. The van der Waals surface area contributed by atoms with Crippen molar-refractivity contribution in [1.29, 1.82) is 0 Å². The van der Waals surface area contributed by atoms with Gasteiger partial charge in [-0.3, -0.25) is 0 Å². The smallest absolute Gasteiger partial charge is 0.322 e. The largest absolute Gasteiger partial charge is 0.489 e. The highest BCUT2D eigenvalue weighted by atomic mass is 35.5. The third-order valence-electron chi connectivity index (χ3n) is 2.77. The molecule has 0 radical (unpaired) electrons. The summed E-state index contributed by atoms with van der Waals surface area (Å²) in [7, 11) is 0. The van der Waals surface area contributed by atoms with Gasteiger partial charge in [0.15, 0.2) is 0 Å². The van der Waals surface area contributed by atoms with Crippen molar-refractivity contribution in [1.82, 2.24) is 0 Å². The highest BCUT2D eigenvalue weighted by Gasteiger charge is 2.42. The van der Waals surface area contributed by atoms with E-state index in [1.807, 2.05) is 0 Å². The minimum atomic E-state index is -3.51. The van der Waals surface area contributed by atoms with Crippen LogP contribution in [0.15, 0.2) is 18.2 Å². The zero-order valence-corrected chi connectivity index (χ0v) is 11.2. The Balaban J connectivity index is 2.22. The molecular weight excluding hydrogens is 278 g/mol. The second-order valence-electron chi connectivity index (χ2n) is 4.39. The zero-order valence-electron chi connectivity index (χ0n) is 10.4. The first-order chi connectivity index (χ1) is 8.95. The van der Waals surface area contributed by atoms with Crippen LogP contribution in [0.5, 0.6) is 5.75 Å². The van der Waals surface area contributed by atoms with Crippen LogP contribution in [0.3, 0.4) is 0 Å². The highest BCUT2D eigenvalue weighted by molar-refractivity contribution is 6.32. The number of alkyl halides is 2. The molecule has 0 spiro atoms. The molecular formula is C13H15ClF2O3. The van der Waals surface area contributed by atoms with Crippen molar-refractivity contribution in [3.8, 4) is 5.75 Å². The van der Waals surface area contributed by atoms with Crippen LogP contribution in [-0.4, -0.2) is 24.1 Å². The zero-order chi connectivity index (χ0) is 14.0. The molecule has 106 valence electrons. The lowest BCUT2D eigenvalue weighted by Gasteiger charge is -2.23. The van der Waals surface area contributed by atoms with Crippen LogP contribution in [0.1, 0.15) is 25.3 Å². The van der Waals surface area contributed by atoms with Crippen LogP contribution in [0, 0.1) is 0 Å². The van der Waals surface area contributed by atoms with Gasteiger partial charge in [0.2, 0.25) is 6.29 Å². The second kappa shape index (κ2) is 5.61. The standard InChI is InChI=1S/C13H15ClF2O3/c1-2-18-12(17)13(15,16)8-3-6-10(14)11(7-8)19-9-4-5-9/h3,6-7,9,12,17H,2,4-5H2,1H3. The molecule has 1 unspecified atom stereocenters. The SMILES string of the molecule is CCOC(O)C(F)(F)c1ccc(Cl)c(OC2CC2)c1. The van der Waals surface area contributed by atoms with E-state index in [0.29, 0.717) is 0 Å². The lowest BCUT2D eigenvalue weighted by Crippen LogP contribution is -2.33. The summed E-state index contributed by atoms with van der Waals surface area (Å²) < 4.78 is 37.9. The van der Waals surface area contributed by atoms with E-state index in [1.54, 1.807) is 0 Å². The van der Waals surface area contributed by atoms with Crippen molar-refractivity contribution >= 4 is 11.6 Å². The van der Waals surface area contributed by atoms with Crippen LogP contribution in [0.2, 0.25) is 5.02 Å². The molecule has 19 heavy (non-hydrogen) atoms. The van der Waals surface area contributed by atoms with Gasteiger partial charge in [0.05, 0.1) is 11.1 Å². The molecule has 2 rings (SSSR count). The van der Waals surface area contributed by atoms with Gasteiger partial charge in [0.25, 0.3) is 0 Å². The first-order valence-electron chi connectivity index (χ1n) is 6.09. The summed E-state index contributed by atoms with van der Waals surface area (Å²) in [6.07, 6.45) is -0.331. The quantitative estimate of drug-likeness (QED) is 0.818. The maximum Gasteiger partial charge on any atom is 0.322 e. The number of hydrogen-bond acceptors (Lipinski definition) is 3. The lowest BCUT2D eigenvalue weighted by molar-refractivity contribution is -0.238. The van der Waals surface area contributed by atoms with E-state index in [4.69, 9.17) is 16.3 Å². The van der Waals surface area contributed by atoms with Gasteiger partial charge in [0, 0.05) is 12.2 Å². The summed E-state index contributed by atoms with van der Waals surface area (Å²) in [5, 5.41) is 9.61. The fourth-order valence-electron chi connectivity index (χ4n) is 1.57. The molecule has 1 saturated carbocycles. The summed E-state index contributed by atoms with van der Waals surface area (Å²) in [6, 6.07) is 3.65. The maximum atomic E-state index is 13.9. The Morgan fingerprint density at radius 3 is 2.74 bits per heavy atom. The average molecular weight is 293 g/mol. The van der Waals surface area contributed by atoms with Gasteiger partial charge in [-0.25, -0.2) is 0 Å². The van der Waals surface area contributed by atoms with Gasteiger partial charge in [-0.05, 0) is 31.9 Å². The number of rotatable bonds is 6. The average Bonchev–Trinajstić information content (AvgIpc) is 3.16. The number of benzene rings is 1. The predicted molar refractivity (Wildman–Crippen MR) is 66.6 cm³/mol. The van der Waals surface area contributed by atoms with E-state index in [2.05, 4.69) is 4.74 Å². The van der Waals surface area contributed by atoms with Crippen molar-refractivity contribution in [2.75, 3.05) is 6.61 Å². The molecule has 1 atom stereocenters. The molecule has 0 amide bonds. The summed E-state index contributed by atoms with van der Waals surface area (Å²) in [5.74, 6) is -3.30. The molecule has 0 heterocycles. The van der Waals surface area contributed by atoms with E-state index in [9.17, 15) is 13.9 Å². The van der Waals surface area contributed by atoms with Crippen LogP contribution < -0.4 is 4.74 Å². The third-order valence-corrected chi connectivity index (χ3v) is 3.08. The van der Waals surface area contributed by atoms with Crippen molar-refractivity contribution in [2.24, 2.45) is 0 Å². The van der Waals surface area contributed by atoms with Gasteiger partial charge < -0.3 is 14.6 Å². The van der Waals surface area contributed by atoms with E-state index in [0.717, 1.165) is 25.0 Å². The minimum absolute atomic E-state index is 0.00419. The van der Waals surface area contributed by atoms with Gasteiger partial charge >= 0.3 is 5.92 Å². The summed E-state index contributed by atoms with van der Waals surface area (Å²) >= 11 is 5.90. The van der Waals surface area contributed by atoms with Gasteiger partial charge in [0.1, 0.15) is 5.75 Å². The van der Waals surface area contributed by atoms with Gasteiger partial charge in [-0.2, -0.15) is 8.78 Å². The Morgan fingerprint density at radius 2 is 2.16 bits per heavy atom. The molecule has 1 N–H and O–H groups in total. The van der Waals surface area contributed by atoms with Crippen molar-refractivity contribution < 1.29 is 23.4 Å². The molecule has 0 bridgehead atoms. The first kappa shape index (κ1) is 14.5. The Kier molecular flexibility index (Phi) is 4.28. The van der Waals surface area contributed by atoms with Crippen molar-refractivity contribution in [2.45, 2.75) is 38.1 Å². The number of hydrogen-bond donors (Lipinski definition) is 1. The molecule has 3 nitrogen and oxygen atoms in total. The van der Waals surface area contributed by atoms with E-state index >= 15 is 0 Å². The summed E-state index contributed by atoms with van der Waals surface area (Å²) in [5.41, 5.74) is -0.381. The normalized spacial score (nSPS) is 17.3. The Labute approximate surface area is 115 Å². The Bertz CT molecular complexity index is 450. The van der Waals surface area contributed by atoms with E-state index in [1.165, 1.54) is 13.0 Å². The van der Waals surface area contributed by atoms with E-state index in [-0.39, 0.29) is 29.0 Å². The fourth-order valence-corrected chi connectivity index (χ4v) is 1.73. The maximum absolute atomic E-state index is 13.9. The Hall–Kier alpha value is -0.910. The predicted octanol–water partition coefficient (Wildman–Crippen LogP) is 3.33. The molecule has 0 saturated heterocycles. The van der Waals surface area contributed by atoms with Crippen LogP contribution in [-0.2, 0) is 10.7 Å². The molecule has 0 aromatic heterocycles. The first-order valence-corrected chi connectivity index (χ1v) is 6.47. The van der Waals surface area contributed by atoms with Gasteiger partial charge in [-0.1, -0.05) is 17.7 Å². The van der Waals surface area contributed by atoms with Crippen molar-refractivity contribution in [3.05, 3.63) is 28.8 Å². The minimum Gasteiger partial charge on any atom is -0.489 e. The summed E-state index contributed by atoms with van der Waals surface area (Å²) in [4.78, 5) is 0. The van der Waals surface area contributed by atoms with Crippen LogP contribution >= 0.6 is 11.6 Å². The number of ether oxygens (including phenoxy) is 2. The fraction of sp³-hybridized carbons (Fsp3) is 0.538. The number of halogens is 3. The number of aliphatic hydroxyl groups excluding tert-OH is 1. The van der Waals surface area contributed by atoms with Crippen molar-refractivity contribution in [3.63, 3.8) is 0 Å². The molecule has 1 aliphatic rings. The molecule has 1 aliphatic carbocycles.